The van der Waals surface area contributed by atoms with Crippen molar-refractivity contribution >= 4 is 5.97 Å². The predicted octanol–water partition coefficient (Wildman–Crippen LogP) is -1.64. The van der Waals surface area contributed by atoms with E-state index in [-0.39, 0.29) is 6.61 Å². The molecule has 0 rings (SSSR count). The summed E-state index contributed by atoms with van der Waals surface area (Å²) in [5.41, 5.74) is 9.61. The van der Waals surface area contributed by atoms with Crippen molar-refractivity contribution in [2.45, 2.75) is 13.0 Å². The number of carboxylic acids is 1. The Morgan fingerprint density at radius 1 is 1.70 bits per heavy atom. The highest BCUT2D eigenvalue weighted by atomic mass is 16.4. The zero-order chi connectivity index (χ0) is 8.57. The van der Waals surface area contributed by atoms with Crippen LogP contribution in [0.15, 0.2) is 0 Å². The first-order valence-electron chi connectivity index (χ1n) is 2.85. The largest absolute Gasteiger partial charge is 0.480 e. The first-order valence-corrected chi connectivity index (χ1v) is 2.85. The summed E-state index contributed by atoms with van der Waals surface area (Å²) in [6, 6.07) is -0.731. The second kappa shape index (κ2) is 8.35. The summed E-state index contributed by atoms with van der Waals surface area (Å²) in [6.45, 7) is 1.89. The van der Waals surface area contributed by atoms with Crippen molar-refractivity contribution in [3.63, 3.8) is 0 Å². The molecule has 0 bridgehead atoms. The molecule has 0 radical (unpaired) electrons. The Morgan fingerprint density at radius 2 is 1.90 bits per heavy atom. The molecule has 0 aromatic rings. The van der Waals surface area contributed by atoms with Crippen LogP contribution in [0, 0.1) is 0 Å². The van der Waals surface area contributed by atoms with Crippen molar-refractivity contribution in [2.75, 3.05) is 13.2 Å². The number of aliphatic hydroxyl groups excluding tert-OH is 1. The molecule has 0 unspecified atom stereocenters. The van der Waals surface area contributed by atoms with Crippen molar-refractivity contribution in [3.8, 4) is 0 Å². The van der Waals surface area contributed by atoms with Crippen LogP contribution in [0.25, 0.3) is 0 Å². The molecule has 0 saturated carbocycles. The lowest BCUT2D eigenvalue weighted by Gasteiger charge is -1.90. The SMILES string of the molecule is C[C@H](N)C(=O)O.NCCO. The van der Waals surface area contributed by atoms with Gasteiger partial charge in [0.1, 0.15) is 6.04 Å². The maximum Gasteiger partial charge on any atom is 0.320 e. The number of aliphatic hydroxyl groups is 1. The molecule has 5 heteroatoms. The molecule has 0 spiro atoms. The van der Waals surface area contributed by atoms with Gasteiger partial charge < -0.3 is 21.7 Å². The van der Waals surface area contributed by atoms with E-state index in [2.05, 4.69) is 0 Å². The van der Waals surface area contributed by atoms with E-state index in [4.69, 9.17) is 21.7 Å². The van der Waals surface area contributed by atoms with Crippen LogP contribution in [-0.4, -0.2) is 35.4 Å². The van der Waals surface area contributed by atoms with E-state index in [1.807, 2.05) is 0 Å². The second-order valence-corrected chi connectivity index (χ2v) is 1.64. The summed E-state index contributed by atoms with van der Waals surface area (Å²) < 4.78 is 0. The highest BCUT2D eigenvalue weighted by Gasteiger charge is 1.99. The van der Waals surface area contributed by atoms with Gasteiger partial charge in [-0.2, -0.15) is 0 Å². The normalized spacial score (nSPS) is 11.2. The third-order valence-electron chi connectivity index (χ3n) is 0.519. The molecule has 1 atom stereocenters. The molecule has 6 N–H and O–H groups in total. The van der Waals surface area contributed by atoms with Gasteiger partial charge >= 0.3 is 5.97 Å². The van der Waals surface area contributed by atoms with Crippen molar-refractivity contribution < 1.29 is 15.0 Å². The third kappa shape index (κ3) is 15.7. The average Bonchev–Trinajstić information content (AvgIpc) is 1.89. The summed E-state index contributed by atoms with van der Waals surface area (Å²) in [6.07, 6.45) is 0. The van der Waals surface area contributed by atoms with Crippen molar-refractivity contribution in [3.05, 3.63) is 0 Å². The lowest BCUT2D eigenvalue weighted by Crippen LogP contribution is -2.25. The Balaban J connectivity index is 0. The Kier molecular flexibility index (Phi) is 10.1. The summed E-state index contributed by atoms with van der Waals surface area (Å²) in [5, 5.41) is 15.6. The fourth-order valence-electron chi connectivity index (χ4n) is 0. The molecule has 0 aliphatic carbocycles. The molecule has 0 aliphatic heterocycles. The van der Waals surface area contributed by atoms with E-state index < -0.39 is 12.0 Å². The molecule has 0 saturated heterocycles. The minimum absolute atomic E-state index is 0.0972. The van der Waals surface area contributed by atoms with Gasteiger partial charge in [0.15, 0.2) is 0 Å². The fraction of sp³-hybridized carbons (Fsp3) is 0.800. The van der Waals surface area contributed by atoms with Gasteiger partial charge in [0.25, 0.3) is 0 Å². The van der Waals surface area contributed by atoms with Crippen LogP contribution in [0.2, 0.25) is 0 Å². The summed E-state index contributed by atoms with van der Waals surface area (Å²) in [4.78, 5) is 9.57. The number of rotatable bonds is 2. The Labute approximate surface area is 59.6 Å². The molecule has 10 heavy (non-hydrogen) atoms. The van der Waals surface area contributed by atoms with Crippen LogP contribution >= 0.6 is 0 Å². The first kappa shape index (κ1) is 12.1. The number of hydrogen-bond acceptors (Lipinski definition) is 4. The monoisotopic (exact) mass is 150 g/mol. The molecule has 0 aromatic heterocycles. The van der Waals surface area contributed by atoms with Gasteiger partial charge in [-0.1, -0.05) is 0 Å². The molecular weight excluding hydrogens is 136 g/mol. The van der Waals surface area contributed by atoms with E-state index in [0.29, 0.717) is 6.54 Å². The van der Waals surface area contributed by atoms with Crippen LogP contribution in [0.1, 0.15) is 6.92 Å². The van der Waals surface area contributed by atoms with Crippen LogP contribution in [0.4, 0.5) is 0 Å². The molecule has 0 aromatic carbocycles. The molecule has 5 nitrogen and oxygen atoms in total. The quantitative estimate of drug-likeness (QED) is 0.377. The Morgan fingerprint density at radius 3 is 1.90 bits per heavy atom. The summed E-state index contributed by atoms with van der Waals surface area (Å²) >= 11 is 0. The van der Waals surface area contributed by atoms with Gasteiger partial charge in [-0.25, -0.2) is 0 Å². The Bertz CT molecular complexity index is 83.0. The Hall–Kier alpha value is -0.650. The smallest absolute Gasteiger partial charge is 0.320 e. The number of hydrogen-bond donors (Lipinski definition) is 4. The van der Waals surface area contributed by atoms with E-state index in [9.17, 15) is 4.79 Å². The standard InChI is InChI=1S/C3H7NO2.C2H7NO/c1-2(4)3(5)6;3-1-2-4/h2H,4H2,1H3,(H,5,6);4H,1-3H2/t2-;/m0./s1. The van der Waals surface area contributed by atoms with Crippen LogP contribution in [0.5, 0.6) is 0 Å². The molecule has 62 valence electrons. The van der Waals surface area contributed by atoms with E-state index in [1.165, 1.54) is 6.92 Å². The highest BCUT2D eigenvalue weighted by Crippen LogP contribution is 1.68. The van der Waals surface area contributed by atoms with E-state index in [0.717, 1.165) is 0 Å². The van der Waals surface area contributed by atoms with Crippen molar-refractivity contribution in [1.82, 2.24) is 0 Å². The summed E-state index contributed by atoms with van der Waals surface area (Å²) in [5.74, 6) is -0.963. The predicted molar refractivity (Wildman–Crippen MR) is 37.4 cm³/mol. The average molecular weight is 150 g/mol. The fourth-order valence-corrected chi connectivity index (χ4v) is 0. The molecule has 0 aliphatic rings. The minimum atomic E-state index is -0.963. The van der Waals surface area contributed by atoms with Crippen molar-refractivity contribution in [2.24, 2.45) is 11.5 Å². The highest BCUT2D eigenvalue weighted by molar-refractivity contribution is 5.72. The summed E-state index contributed by atoms with van der Waals surface area (Å²) in [7, 11) is 0. The number of carboxylic acid groups (broad SMARTS) is 1. The van der Waals surface area contributed by atoms with E-state index in [1.54, 1.807) is 0 Å². The van der Waals surface area contributed by atoms with Crippen LogP contribution in [0.3, 0.4) is 0 Å². The van der Waals surface area contributed by atoms with Crippen LogP contribution in [-0.2, 0) is 4.79 Å². The molecule has 0 heterocycles. The zero-order valence-corrected chi connectivity index (χ0v) is 5.95. The van der Waals surface area contributed by atoms with Crippen LogP contribution < -0.4 is 11.5 Å². The van der Waals surface area contributed by atoms with Crippen molar-refractivity contribution in [1.29, 1.82) is 0 Å². The van der Waals surface area contributed by atoms with Gasteiger partial charge in [-0.3, -0.25) is 4.79 Å². The molecular formula is C5H14N2O3. The number of carbonyl (C=O) groups is 1. The lowest BCUT2D eigenvalue weighted by molar-refractivity contribution is -0.138. The molecule has 0 fully saturated rings. The van der Waals surface area contributed by atoms with Gasteiger partial charge in [0, 0.05) is 6.54 Å². The second-order valence-electron chi connectivity index (χ2n) is 1.64. The van der Waals surface area contributed by atoms with Gasteiger partial charge in [0.05, 0.1) is 6.61 Å². The topological polar surface area (TPSA) is 110 Å². The number of nitrogens with two attached hydrogens (primary N) is 2. The first-order chi connectivity index (χ1) is 4.56. The third-order valence-corrected chi connectivity index (χ3v) is 0.519. The maximum absolute atomic E-state index is 9.57. The van der Waals surface area contributed by atoms with E-state index >= 15 is 0 Å². The lowest BCUT2D eigenvalue weighted by atomic mass is 10.4. The maximum atomic E-state index is 9.57. The van der Waals surface area contributed by atoms with Gasteiger partial charge in [0.2, 0.25) is 0 Å². The molecule has 0 amide bonds. The number of aliphatic carboxylic acids is 1. The minimum Gasteiger partial charge on any atom is -0.480 e. The van der Waals surface area contributed by atoms with Gasteiger partial charge in [-0.05, 0) is 6.92 Å². The van der Waals surface area contributed by atoms with Gasteiger partial charge in [-0.15, -0.1) is 0 Å². The zero-order valence-electron chi connectivity index (χ0n) is 5.95.